The van der Waals surface area contributed by atoms with E-state index >= 15 is 0 Å². The number of carboxylic acids is 1. The number of alkyl halides is 3. The maximum absolute atomic E-state index is 12.1. The molecule has 0 spiro atoms. The number of carbonyl (C=O) groups is 2. The molecule has 1 atom stereocenters. The van der Waals surface area contributed by atoms with Gasteiger partial charge < -0.3 is 16.6 Å². The molecule has 0 aromatic rings. The first-order valence-electron chi connectivity index (χ1n) is 4.50. The van der Waals surface area contributed by atoms with Gasteiger partial charge in [-0.2, -0.15) is 13.2 Å². The van der Waals surface area contributed by atoms with Crippen LogP contribution in [-0.2, 0) is 9.59 Å². The van der Waals surface area contributed by atoms with Gasteiger partial charge in [0.15, 0.2) is 5.54 Å². The van der Waals surface area contributed by atoms with Gasteiger partial charge in [0.2, 0.25) is 0 Å². The molecule has 0 fully saturated rings. The van der Waals surface area contributed by atoms with Crippen LogP contribution in [0.4, 0.5) is 13.2 Å². The minimum absolute atomic E-state index is 0.0428. The Labute approximate surface area is 89.6 Å². The fraction of sp³-hybridized carbons (Fsp3) is 0.750. The van der Waals surface area contributed by atoms with Gasteiger partial charge in [-0.1, -0.05) is 0 Å². The lowest BCUT2D eigenvalue weighted by atomic mass is 9.88. The number of rotatable bonds is 6. The molecule has 0 radical (unpaired) electrons. The summed E-state index contributed by atoms with van der Waals surface area (Å²) in [5, 5.41) is 8.59. The number of hydrogen-bond acceptors (Lipinski definition) is 4. The monoisotopic (exact) mass is 242 g/mol. The minimum atomic E-state index is -5.25. The van der Waals surface area contributed by atoms with Crippen molar-refractivity contribution < 1.29 is 27.9 Å². The van der Waals surface area contributed by atoms with E-state index in [4.69, 9.17) is 16.6 Å². The number of carboxylic acid groups (broad SMARTS) is 1. The molecule has 0 amide bonds. The molecule has 16 heavy (non-hydrogen) atoms. The highest BCUT2D eigenvalue weighted by molar-refractivity contribution is 6.09. The van der Waals surface area contributed by atoms with Crippen LogP contribution < -0.4 is 11.5 Å². The van der Waals surface area contributed by atoms with E-state index in [9.17, 15) is 22.8 Å². The predicted molar refractivity (Wildman–Crippen MR) is 48.5 cm³/mol. The number of hydrogen-bond donors (Lipinski definition) is 3. The Morgan fingerprint density at radius 2 is 1.69 bits per heavy atom. The Morgan fingerprint density at radius 3 is 2.00 bits per heavy atom. The smallest absolute Gasteiger partial charge is 0.452 e. The van der Waals surface area contributed by atoms with Crippen LogP contribution >= 0.6 is 0 Å². The highest BCUT2D eigenvalue weighted by Crippen LogP contribution is 2.25. The molecule has 5 nitrogen and oxygen atoms in total. The van der Waals surface area contributed by atoms with Crippen molar-refractivity contribution in [2.24, 2.45) is 11.5 Å². The number of aliphatic carboxylic acids is 1. The van der Waals surface area contributed by atoms with E-state index in [1.54, 1.807) is 0 Å². The summed E-state index contributed by atoms with van der Waals surface area (Å²) >= 11 is 0. The second kappa shape index (κ2) is 5.26. The molecule has 1 unspecified atom stereocenters. The number of ketones is 1. The number of halogens is 3. The van der Waals surface area contributed by atoms with Gasteiger partial charge in [0, 0.05) is 0 Å². The topological polar surface area (TPSA) is 106 Å². The number of unbranched alkanes of at least 4 members (excludes halogenated alkanes) is 1. The summed E-state index contributed by atoms with van der Waals surface area (Å²) in [5.74, 6) is -4.42. The highest BCUT2D eigenvalue weighted by Gasteiger charge is 2.54. The fourth-order valence-corrected chi connectivity index (χ4v) is 1.12. The van der Waals surface area contributed by atoms with E-state index in [0.717, 1.165) is 0 Å². The molecule has 8 heteroatoms. The molecular formula is C8H13F3N2O3. The molecular weight excluding hydrogens is 229 g/mol. The van der Waals surface area contributed by atoms with E-state index in [1.807, 2.05) is 0 Å². The van der Waals surface area contributed by atoms with Gasteiger partial charge in [-0.3, -0.25) is 4.79 Å². The summed E-state index contributed by atoms with van der Waals surface area (Å²) in [6, 6.07) is 0. The Bertz CT molecular complexity index is 280. The number of nitrogens with two attached hydrogens (primary N) is 2. The summed E-state index contributed by atoms with van der Waals surface area (Å²) in [6.45, 7) is 0.190. The molecule has 0 bridgehead atoms. The third-order valence-corrected chi connectivity index (χ3v) is 2.07. The van der Waals surface area contributed by atoms with Crippen molar-refractivity contribution in [1.82, 2.24) is 0 Å². The van der Waals surface area contributed by atoms with E-state index in [1.165, 1.54) is 0 Å². The SMILES string of the molecule is NCCCCC(N)(C(=O)O)C(=O)C(F)(F)F. The van der Waals surface area contributed by atoms with E-state index < -0.39 is 29.9 Å². The van der Waals surface area contributed by atoms with E-state index in [2.05, 4.69) is 0 Å². The molecule has 0 saturated heterocycles. The van der Waals surface area contributed by atoms with E-state index in [-0.39, 0.29) is 13.0 Å². The van der Waals surface area contributed by atoms with Crippen LogP contribution in [0.15, 0.2) is 0 Å². The van der Waals surface area contributed by atoms with Crippen LogP contribution in [0.2, 0.25) is 0 Å². The summed E-state index contributed by atoms with van der Waals surface area (Å²) in [7, 11) is 0. The highest BCUT2D eigenvalue weighted by atomic mass is 19.4. The van der Waals surface area contributed by atoms with Crippen molar-refractivity contribution in [3.8, 4) is 0 Å². The van der Waals surface area contributed by atoms with Gasteiger partial charge in [0.25, 0.3) is 5.78 Å². The van der Waals surface area contributed by atoms with Crippen LogP contribution in [0, 0.1) is 0 Å². The molecule has 0 aliphatic heterocycles. The molecule has 0 rings (SSSR count). The number of carbonyl (C=O) groups excluding carboxylic acids is 1. The average molecular weight is 242 g/mol. The van der Waals surface area contributed by atoms with Gasteiger partial charge >= 0.3 is 12.1 Å². The van der Waals surface area contributed by atoms with Crippen molar-refractivity contribution in [2.45, 2.75) is 31.0 Å². The first kappa shape index (κ1) is 14.8. The second-order valence-electron chi connectivity index (χ2n) is 3.35. The lowest BCUT2D eigenvalue weighted by molar-refractivity contribution is -0.181. The predicted octanol–water partition coefficient (Wildman–Crippen LogP) is 0.0289. The minimum Gasteiger partial charge on any atom is -0.480 e. The second-order valence-corrected chi connectivity index (χ2v) is 3.35. The van der Waals surface area contributed by atoms with Gasteiger partial charge in [-0.05, 0) is 25.8 Å². The average Bonchev–Trinajstić information content (AvgIpc) is 2.15. The summed E-state index contributed by atoms with van der Waals surface area (Å²) in [6.07, 6.45) is -5.49. The quantitative estimate of drug-likeness (QED) is 0.450. The zero-order chi connectivity index (χ0) is 13.0. The molecule has 0 saturated carbocycles. The largest absolute Gasteiger partial charge is 0.480 e. The Hall–Kier alpha value is -1.15. The molecule has 0 aromatic carbocycles. The normalized spacial score (nSPS) is 15.6. The summed E-state index contributed by atoms with van der Waals surface area (Å²) in [4.78, 5) is 21.5. The van der Waals surface area contributed by atoms with Crippen molar-refractivity contribution in [3.05, 3.63) is 0 Å². The molecule has 94 valence electrons. The molecule has 0 aromatic heterocycles. The lowest BCUT2D eigenvalue weighted by Crippen LogP contribution is -2.59. The van der Waals surface area contributed by atoms with Crippen LogP contribution in [0.1, 0.15) is 19.3 Å². The molecule has 0 heterocycles. The lowest BCUT2D eigenvalue weighted by Gasteiger charge is -2.23. The van der Waals surface area contributed by atoms with Crippen molar-refractivity contribution in [1.29, 1.82) is 0 Å². The summed E-state index contributed by atoms with van der Waals surface area (Å²) < 4.78 is 36.3. The van der Waals surface area contributed by atoms with Crippen LogP contribution in [0.5, 0.6) is 0 Å². The molecule has 5 N–H and O–H groups in total. The van der Waals surface area contributed by atoms with Crippen molar-refractivity contribution in [3.63, 3.8) is 0 Å². The maximum atomic E-state index is 12.1. The standard InChI is InChI=1S/C8H13F3N2O3/c9-8(10,11)5(14)7(13,6(15)16)3-1-2-4-12/h1-4,12-13H2,(H,15,16). The van der Waals surface area contributed by atoms with E-state index in [0.29, 0.717) is 6.42 Å². The van der Waals surface area contributed by atoms with Gasteiger partial charge in [0.1, 0.15) is 0 Å². The van der Waals surface area contributed by atoms with Gasteiger partial charge in [-0.15, -0.1) is 0 Å². The fourth-order valence-electron chi connectivity index (χ4n) is 1.12. The van der Waals surface area contributed by atoms with Crippen molar-refractivity contribution in [2.75, 3.05) is 6.54 Å². The number of Topliss-reactive ketones (excluding diaryl/α,β-unsaturated/α-hetero) is 1. The zero-order valence-corrected chi connectivity index (χ0v) is 8.38. The first-order valence-corrected chi connectivity index (χ1v) is 4.50. The summed E-state index contributed by atoms with van der Waals surface area (Å²) in [5.41, 5.74) is 7.19. The Morgan fingerprint density at radius 1 is 1.19 bits per heavy atom. The Kier molecular flexibility index (Phi) is 4.88. The van der Waals surface area contributed by atoms with Gasteiger partial charge in [0.05, 0.1) is 0 Å². The Balaban J connectivity index is 4.83. The third kappa shape index (κ3) is 3.46. The van der Waals surface area contributed by atoms with Crippen molar-refractivity contribution >= 4 is 11.8 Å². The van der Waals surface area contributed by atoms with Crippen LogP contribution in [0.3, 0.4) is 0 Å². The van der Waals surface area contributed by atoms with Crippen LogP contribution in [-0.4, -0.2) is 35.1 Å². The first-order chi connectivity index (χ1) is 7.16. The molecule has 0 aliphatic carbocycles. The maximum Gasteiger partial charge on any atom is 0.452 e. The zero-order valence-electron chi connectivity index (χ0n) is 8.38. The third-order valence-electron chi connectivity index (χ3n) is 2.07. The van der Waals surface area contributed by atoms with Gasteiger partial charge in [-0.25, -0.2) is 4.79 Å². The molecule has 0 aliphatic rings. The van der Waals surface area contributed by atoms with Crippen LogP contribution in [0.25, 0.3) is 0 Å².